The fourth-order valence-corrected chi connectivity index (χ4v) is 2.24. The number of nitrogens with zero attached hydrogens (tertiary/aromatic N) is 2. The molecule has 0 aliphatic heterocycles. The molecule has 1 heterocycles. The van der Waals surface area contributed by atoms with Gasteiger partial charge in [-0.3, -0.25) is 4.79 Å². The first-order valence-corrected chi connectivity index (χ1v) is 7.15. The average Bonchev–Trinajstić information content (AvgIpc) is 2.46. The Hall–Kier alpha value is -1.65. The minimum absolute atomic E-state index is 0.0375. The highest BCUT2D eigenvalue weighted by molar-refractivity contribution is 6.35. The van der Waals surface area contributed by atoms with Crippen LogP contribution in [0.3, 0.4) is 0 Å². The number of benzene rings is 1. The number of rotatable bonds is 5. The molecule has 0 N–H and O–H groups in total. The summed E-state index contributed by atoms with van der Waals surface area (Å²) in [6.07, 6.45) is 3.64. The summed E-state index contributed by atoms with van der Waals surface area (Å²) in [6, 6.07) is 4.89. The molecule has 0 aliphatic rings. The number of Topliss-reactive ketones (excluding diaryl/α,β-unsaturated/α-hetero) is 1. The highest BCUT2D eigenvalue weighted by Crippen LogP contribution is 2.30. The molecule has 0 spiro atoms. The van der Waals surface area contributed by atoms with Crippen LogP contribution in [0.15, 0.2) is 36.9 Å². The molecule has 0 bridgehead atoms. The lowest BCUT2D eigenvalue weighted by molar-refractivity contribution is 0.0711. The first kappa shape index (κ1) is 15.7. The van der Waals surface area contributed by atoms with E-state index in [9.17, 15) is 4.79 Å². The van der Waals surface area contributed by atoms with Crippen molar-refractivity contribution in [2.45, 2.75) is 20.0 Å². The summed E-state index contributed by atoms with van der Waals surface area (Å²) in [5.41, 5.74) is 0.404. The van der Waals surface area contributed by atoms with Gasteiger partial charge in [0.15, 0.2) is 6.10 Å². The number of hydrogen-bond donors (Lipinski definition) is 0. The van der Waals surface area contributed by atoms with Crippen LogP contribution in [-0.2, 0) is 0 Å². The Bertz CT molecular complexity index is 633. The van der Waals surface area contributed by atoms with Crippen LogP contribution < -0.4 is 4.74 Å². The monoisotopic (exact) mass is 324 g/mol. The van der Waals surface area contributed by atoms with Gasteiger partial charge in [0, 0.05) is 17.4 Å². The number of hydrogen-bond acceptors (Lipinski definition) is 4. The van der Waals surface area contributed by atoms with Crippen molar-refractivity contribution in [3.63, 3.8) is 0 Å². The van der Waals surface area contributed by atoms with E-state index in [0.717, 1.165) is 0 Å². The molecule has 2 rings (SSSR count). The lowest BCUT2D eigenvalue weighted by atomic mass is 9.99. The standard InChI is InChI=1S/C15H14Cl2N2O2/c1-9(2)15(14(20)10-6-18-8-19-7-10)21-13-4-3-11(16)5-12(13)17/h3-9,15H,1-2H3. The molecular formula is C15H14Cl2N2O2. The highest BCUT2D eigenvalue weighted by atomic mass is 35.5. The third-order valence-corrected chi connectivity index (χ3v) is 3.39. The summed E-state index contributed by atoms with van der Waals surface area (Å²) in [7, 11) is 0. The number of aromatic nitrogens is 2. The third kappa shape index (κ3) is 3.93. The van der Waals surface area contributed by atoms with Crippen LogP contribution in [0.1, 0.15) is 24.2 Å². The highest BCUT2D eigenvalue weighted by Gasteiger charge is 2.26. The van der Waals surface area contributed by atoms with E-state index in [1.54, 1.807) is 18.2 Å². The molecule has 1 unspecified atom stereocenters. The van der Waals surface area contributed by atoms with Crippen LogP contribution >= 0.6 is 23.2 Å². The molecule has 0 amide bonds. The predicted octanol–water partition coefficient (Wildman–Crippen LogP) is 4.07. The zero-order valence-electron chi connectivity index (χ0n) is 11.6. The Morgan fingerprint density at radius 1 is 1.19 bits per heavy atom. The summed E-state index contributed by atoms with van der Waals surface area (Å²) >= 11 is 11.9. The van der Waals surface area contributed by atoms with Crippen LogP contribution in [0.25, 0.3) is 0 Å². The van der Waals surface area contributed by atoms with E-state index in [1.165, 1.54) is 18.7 Å². The Morgan fingerprint density at radius 2 is 1.86 bits per heavy atom. The van der Waals surface area contributed by atoms with Crippen molar-refractivity contribution in [2.75, 3.05) is 0 Å². The molecule has 0 radical (unpaired) electrons. The molecule has 110 valence electrons. The van der Waals surface area contributed by atoms with Crippen molar-refractivity contribution in [3.8, 4) is 5.75 Å². The van der Waals surface area contributed by atoms with Gasteiger partial charge < -0.3 is 4.74 Å². The number of halogens is 2. The molecule has 0 saturated carbocycles. The van der Waals surface area contributed by atoms with Gasteiger partial charge in [0.1, 0.15) is 12.1 Å². The third-order valence-electron chi connectivity index (χ3n) is 2.86. The Balaban J connectivity index is 2.26. The maximum atomic E-state index is 12.5. The van der Waals surface area contributed by atoms with Crippen LogP contribution in [0, 0.1) is 5.92 Å². The van der Waals surface area contributed by atoms with Crippen molar-refractivity contribution in [2.24, 2.45) is 5.92 Å². The lowest BCUT2D eigenvalue weighted by Gasteiger charge is -2.22. The topological polar surface area (TPSA) is 52.1 Å². The molecule has 4 nitrogen and oxygen atoms in total. The molecule has 1 atom stereocenters. The Labute approximate surface area is 133 Å². The van der Waals surface area contributed by atoms with Crippen molar-refractivity contribution < 1.29 is 9.53 Å². The summed E-state index contributed by atoms with van der Waals surface area (Å²) in [5.74, 6) is 0.200. The van der Waals surface area contributed by atoms with Crippen LogP contribution in [0.2, 0.25) is 10.0 Å². The zero-order chi connectivity index (χ0) is 15.4. The van der Waals surface area contributed by atoms with E-state index in [4.69, 9.17) is 27.9 Å². The van der Waals surface area contributed by atoms with Crippen molar-refractivity contribution in [1.82, 2.24) is 9.97 Å². The molecule has 6 heteroatoms. The van der Waals surface area contributed by atoms with E-state index in [0.29, 0.717) is 21.4 Å². The number of carbonyl (C=O) groups excluding carboxylic acids is 1. The molecule has 2 aromatic rings. The molecule has 1 aromatic heterocycles. The van der Waals surface area contributed by atoms with Gasteiger partial charge in [0.25, 0.3) is 0 Å². The minimum atomic E-state index is -0.672. The van der Waals surface area contributed by atoms with E-state index in [2.05, 4.69) is 9.97 Å². The van der Waals surface area contributed by atoms with Gasteiger partial charge in [-0.15, -0.1) is 0 Å². The SMILES string of the molecule is CC(C)C(Oc1ccc(Cl)cc1Cl)C(=O)c1cncnc1. The number of ketones is 1. The predicted molar refractivity (Wildman–Crippen MR) is 82.1 cm³/mol. The molecule has 1 aromatic carbocycles. The second-order valence-corrected chi connectivity index (χ2v) is 5.69. The van der Waals surface area contributed by atoms with E-state index < -0.39 is 6.10 Å². The van der Waals surface area contributed by atoms with Gasteiger partial charge in [-0.05, 0) is 24.1 Å². The summed E-state index contributed by atoms with van der Waals surface area (Å²) in [6.45, 7) is 3.80. The molecule has 21 heavy (non-hydrogen) atoms. The normalized spacial score (nSPS) is 12.2. The van der Waals surface area contributed by atoms with Gasteiger partial charge in [-0.2, -0.15) is 0 Å². The van der Waals surface area contributed by atoms with Gasteiger partial charge in [-0.25, -0.2) is 9.97 Å². The quantitative estimate of drug-likeness (QED) is 0.778. The second-order valence-electron chi connectivity index (χ2n) is 4.85. The number of ether oxygens (including phenoxy) is 1. The first-order valence-electron chi connectivity index (χ1n) is 6.40. The number of carbonyl (C=O) groups is 1. The lowest BCUT2D eigenvalue weighted by Crippen LogP contribution is -2.33. The van der Waals surface area contributed by atoms with E-state index >= 15 is 0 Å². The maximum Gasteiger partial charge on any atom is 0.206 e. The minimum Gasteiger partial charge on any atom is -0.480 e. The van der Waals surface area contributed by atoms with Gasteiger partial charge in [0.2, 0.25) is 5.78 Å². The van der Waals surface area contributed by atoms with Gasteiger partial charge in [-0.1, -0.05) is 37.0 Å². The van der Waals surface area contributed by atoms with E-state index in [1.807, 2.05) is 13.8 Å². The van der Waals surface area contributed by atoms with Crippen molar-refractivity contribution in [3.05, 3.63) is 52.5 Å². The maximum absolute atomic E-state index is 12.5. The molecule has 0 saturated heterocycles. The average molecular weight is 325 g/mol. The molecule has 0 fully saturated rings. The fourth-order valence-electron chi connectivity index (χ4n) is 1.79. The van der Waals surface area contributed by atoms with Gasteiger partial charge in [0.05, 0.1) is 10.6 Å². The first-order chi connectivity index (χ1) is 9.99. The summed E-state index contributed by atoms with van der Waals surface area (Å²) in [5, 5.41) is 0.876. The van der Waals surface area contributed by atoms with Crippen molar-refractivity contribution in [1.29, 1.82) is 0 Å². The summed E-state index contributed by atoms with van der Waals surface area (Å²) < 4.78 is 5.78. The van der Waals surface area contributed by atoms with Gasteiger partial charge >= 0.3 is 0 Å². The molecular weight excluding hydrogens is 311 g/mol. The fraction of sp³-hybridized carbons (Fsp3) is 0.267. The Kier molecular flexibility index (Phi) is 5.15. The van der Waals surface area contributed by atoms with Crippen molar-refractivity contribution >= 4 is 29.0 Å². The Morgan fingerprint density at radius 3 is 2.43 bits per heavy atom. The van der Waals surface area contributed by atoms with Crippen LogP contribution in [0.4, 0.5) is 0 Å². The van der Waals surface area contributed by atoms with Crippen LogP contribution in [0.5, 0.6) is 5.75 Å². The second kappa shape index (κ2) is 6.87. The zero-order valence-corrected chi connectivity index (χ0v) is 13.1. The molecule has 0 aliphatic carbocycles. The smallest absolute Gasteiger partial charge is 0.206 e. The van der Waals surface area contributed by atoms with E-state index in [-0.39, 0.29) is 11.7 Å². The largest absolute Gasteiger partial charge is 0.480 e. The van der Waals surface area contributed by atoms with Crippen LogP contribution in [-0.4, -0.2) is 21.9 Å². The summed E-state index contributed by atoms with van der Waals surface area (Å²) in [4.78, 5) is 20.2.